The quantitative estimate of drug-likeness (QED) is 0.231. The molecule has 0 N–H and O–H groups in total. The number of hydrogen-bond acceptors (Lipinski definition) is 2. The monoisotopic (exact) mass is 647 g/mol. The normalized spacial score (nSPS) is 15.9. The zero-order valence-electron chi connectivity index (χ0n) is 22.2. The van der Waals surface area contributed by atoms with Crippen LogP contribution in [0.1, 0.15) is 73.0 Å². The van der Waals surface area contributed by atoms with Gasteiger partial charge in [-0.05, 0) is 39.8 Å². The molecule has 0 radical (unpaired) electrons. The Morgan fingerprint density at radius 1 is 0.629 bits per heavy atom. The largest absolute Gasteiger partial charge is 2.00 e. The Bertz CT molecular complexity index is 1540. The molecule has 0 fully saturated rings. The van der Waals surface area contributed by atoms with E-state index in [1.807, 2.05) is 0 Å². The summed E-state index contributed by atoms with van der Waals surface area (Å²) in [7, 11) is 4.21. The summed E-state index contributed by atoms with van der Waals surface area (Å²) in [5.74, 6) is 1.99. The van der Waals surface area contributed by atoms with E-state index in [9.17, 15) is 0 Å². The van der Waals surface area contributed by atoms with Crippen LogP contribution in [-0.4, -0.2) is 19.1 Å². The second-order valence-corrected chi connectivity index (χ2v) is 11.2. The van der Waals surface area contributed by atoms with Crippen molar-refractivity contribution >= 4 is 22.1 Å². The predicted octanol–water partition coefficient (Wildman–Crippen LogP) is 5.24. The summed E-state index contributed by atoms with van der Waals surface area (Å²) in [4.78, 5) is 21.0. The van der Waals surface area contributed by atoms with E-state index in [1.54, 1.807) is 0 Å². The minimum atomic E-state index is -0.382. The molecule has 0 saturated carbocycles. The molecule has 6 nitrogen and oxygen atoms in total. The van der Waals surface area contributed by atoms with Crippen molar-refractivity contribution in [3.05, 3.63) is 57.4 Å². The van der Waals surface area contributed by atoms with Gasteiger partial charge in [-0.1, -0.05) is 49.9 Å². The zero-order valence-corrected chi connectivity index (χ0v) is 24.4. The van der Waals surface area contributed by atoms with Gasteiger partial charge in [0.25, 0.3) is 0 Å². The summed E-state index contributed by atoms with van der Waals surface area (Å²) in [6.45, 7) is 17.6. The van der Waals surface area contributed by atoms with Crippen LogP contribution in [0.25, 0.3) is 33.5 Å². The molecule has 0 aliphatic carbocycles. The number of rotatable bonds is 0. The van der Waals surface area contributed by atoms with Gasteiger partial charge in [0.2, 0.25) is 0 Å². The van der Waals surface area contributed by atoms with Gasteiger partial charge in [-0.3, -0.25) is 0 Å². The fraction of sp³-hybridized carbons (Fsp3) is 0.429. The molecule has 4 aromatic heterocycles. The van der Waals surface area contributed by atoms with Gasteiger partial charge >= 0.3 is 21.1 Å². The third-order valence-electron chi connectivity index (χ3n) is 8.42. The number of aromatic nitrogens is 6. The molecule has 5 aromatic rings. The van der Waals surface area contributed by atoms with Crippen LogP contribution in [0.2, 0.25) is 0 Å². The van der Waals surface area contributed by atoms with Crippen molar-refractivity contribution in [2.75, 3.05) is 0 Å². The average molecular weight is 648 g/mol. The molecule has 35 heavy (non-hydrogen) atoms. The third-order valence-corrected chi connectivity index (χ3v) is 8.42. The van der Waals surface area contributed by atoms with Gasteiger partial charge in [0, 0.05) is 24.9 Å². The summed E-state index contributed by atoms with van der Waals surface area (Å²) >= 11 is 0. The molecule has 0 saturated heterocycles. The van der Waals surface area contributed by atoms with Gasteiger partial charge in [0.15, 0.2) is 0 Å². The van der Waals surface area contributed by atoms with Gasteiger partial charge in [0.05, 0.1) is 11.0 Å². The Balaban J connectivity index is 0.00000253. The van der Waals surface area contributed by atoms with Crippen molar-refractivity contribution in [3.8, 4) is 11.4 Å². The molecule has 5 heterocycles. The fourth-order valence-corrected chi connectivity index (χ4v) is 6.19. The van der Waals surface area contributed by atoms with Crippen molar-refractivity contribution < 1.29 is 21.1 Å². The van der Waals surface area contributed by atoms with Crippen molar-refractivity contribution in [1.82, 2.24) is 29.1 Å². The second-order valence-electron chi connectivity index (χ2n) is 11.2. The van der Waals surface area contributed by atoms with E-state index in [-0.39, 0.29) is 31.9 Å². The topological polar surface area (TPSA) is 63.8 Å². The Morgan fingerprint density at radius 2 is 0.971 bits per heavy atom. The minimum Gasteiger partial charge on any atom is -0.661 e. The molecule has 8 bridgehead atoms. The standard InChI is InChI=1S/C28H32N6.Pt/c1-13-15(3)23-27(5,6)25-31-21-17(33(25)9)11-12-18-22(21)32-26(34(18)10)28(7,8)24-16(4)14(2)20(30-24)19(13)29-23;/h11-12H,1-10H3;/q-2;+2. The second kappa shape index (κ2) is 7.22. The first-order valence-corrected chi connectivity index (χ1v) is 12.0. The van der Waals surface area contributed by atoms with Crippen molar-refractivity contribution in [1.29, 1.82) is 0 Å². The molecule has 184 valence electrons. The molecule has 6 rings (SSSR count). The van der Waals surface area contributed by atoms with Crippen LogP contribution in [0.4, 0.5) is 0 Å². The van der Waals surface area contributed by atoms with E-state index in [4.69, 9.17) is 19.9 Å². The zero-order chi connectivity index (χ0) is 24.5. The molecule has 0 unspecified atom stereocenters. The smallest absolute Gasteiger partial charge is 0.661 e. The summed E-state index contributed by atoms with van der Waals surface area (Å²) in [5, 5.41) is 0. The first-order valence-electron chi connectivity index (χ1n) is 12.0. The SMILES string of the molecule is Cc1c2[n-]c(c1C)C(C)(C)c1nc3c4nc(n(C)c4ccc3n1C)C(C)(C)c1[n-]c-2c(C)c1C.[Pt+2]. The minimum absolute atomic E-state index is 0. The summed E-state index contributed by atoms with van der Waals surface area (Å²) in [5.41, 5.74) is 12.2. The molecule has 0 amide bonds. The Morgan fingerprint density at radius 3 is 1.31 bits per heavy atom. The fourth-order valence-electron chi connectivity index (χ4n) is 6.19. The van der Waals surface area contributed by atoms with Crippen molar-refractivity contribution in [2.45, 2.75) is 66.2 Å². The summed E-state index contributed by atoms with van der Waals surface area (Å²) in [6.07, 6.45) is 0. The number of benzene rings is 1. The van der Waals surface area contributed by atoms with Crippen LogP contribution >= 0.6 is 0 Å². The van der Waals surface area contributed by atoms with Crippen LogP contribution in [0.3, 0.4) is 0 Å². The molecule has 7 heteroatoms. The van der Waals surface area contributed by atoms with Crippen molar-refractivity contribution in [2.24, 2.45) is 14.1 Å². The van der Waals surface area contributed by atoms with E-state index in [0.717, 1.165) is 56.5 Å². The predicted molar refractivity (Wildman–Crippen MR) is 137 cm³/mol. The van der Waals surface area contributed by atoms with Crippen LogP contribution in [0.5, 0.6) is 0 Å². The van der Waals surface area contributed by atoms with E-state index in [2.05, 4.69) is 90.8 Å². The molecule has 1 aliphatic heterocycles. The maximum absolute atomic E-state index is 5.27. The van der Waals surface area contributed by atoms with E-state index in [1.165, 1.54) is 22.3 Å². The summed E-state index contributed by atoms with van der Waals surface area (Å²) < 4.78 is 4.43. The molecule has 0 spiro atoms. The Hall–Kier alpha value is -2.59. The van der Waals surface area contributed by atoms with Gasteiger partial charge in [-0.15, -0.1) is 22.8 Å². The van der Waals surface area contributed by atoms with Crippen LogP contribution in [-0.2, 0) is 46.0 Å². The Labute approximate surface area is 220 Å². The number of hydrogen-bond donors (Lipinski definition) is 0. The van der Waals surface area contributed by atoms with Crippen LogP contribution < -0.4 is 9.97 Å². The van der Waals surface area contributed by atoms with Gasteiger partial charge < -0.3 is 19.1 Å². The van der Waals surface area contributed by atoms with Crippen LogP contribution in [0, 0.1) is 27.7 Å². The van der Waals surface area contributed by atoms with E-state index >= 15 is 0 Å². The maximum Gasteiger partial charge on any atom is 2.00 e. The van der Waals surface area contributed by atoms with Crippen molar-refractivity contribution in [3.63, 3.8) is 0 Å². The van der Waals surface area contributed by atoms with Gasteiger partial charge in [-0.25, -0.2) is 9.97 Å². The number of fused-ring (bicyclic) bond motifs is 7. The Kier molecular flexibility index (Phi) is 4.98. The molecule has 1 aromatic carbocycles. The number of imidazole rings is 2. The maximum atomic E-state index is 5.27. The van der Waals surface area contributed by atoms with Crippen LogP contribution in [0.15, 0.2) is 12.1 Å². The number of nitrogens with zero attached hydrogens (tertiary/aromatic N) is 6. The van der Waals surface area contributed by atoms with Gasteiger partial charge in [0.1, 0.15) is 22.7 Å². The molecular weight excluding hydrogens is 615 g/mol. The first-order chi connectivity index (χ1) is 15.9. The van der Waals surface area contributed by atoms with Gasteiger partial charge in [-0.2, -0.15) is 0 Å². The molecule has 1 aliphatic rings. The first kappa shape index (κ1) is 24.1. The molecule has 0 atom stereocenters. The van der Waals surface area contributed by atoms with E-state index in [0.29, 0.717) is 0 Å². The average Bonchev–Trinajstić information content (AvgIpc) is 3.47. The third kappa shape index (κ3) is 2.80. The van der Waals surface area contributed by atoms with E-state index < -0.39 is 0 Å². The molecular formula is C28H32N6Pt. The number of aryl methyl sites for hydroxylation is 2. The summed E-state index contributed by atoms with van der Waals surface area (Å²) in [6, 6.07) is 4.34.